The Morgan fingerprint density at radius 3 is 2.38 bits per heavy atom. The van der Waals surface area contributed by atoms with Crippen LogP contribution >= 0.6 is 0 Å². The summed E-state index contributed by atoms with van der Waals surface area (Å²) in [6.45, 7) is 5.68. The van der Waals surface area contributed by atoms with Crippen molar-refractivity contribution >= 4 is 15.9 Å². The van der Waals surface area contributed by atoms with Gasteiger partial charge in [-0.3, -0.25) is 0 Å². The van der Waals surface area contributed by atoms with E-state index in [0.29, 0.717) is 11.1 Å². The number of benzene rings is 1. The molecule has 0 aromatic heterocycles. The number of hydrogen-bond donors (Lipinski definition) is 0. The average Bonchev–Trinajstić information content (AvgIpc) is 2.40. The molecule has 2 rings (SSSR count). The lowest BCUT2D eigenvalue weighted by Gasteiger charge is -2.20. The van der Waals surface area contributed by atoms with Crippen LogP contribution in [0.5, 0.6) is 0 Å². The lowest BCUT2D eigenvalue weighted by Crippen LogP contribution is -2.14. The highest BCUT2D eigenvalue weighted by atomic mass is 32.2. The molecule has 0 spiro atoms. The third-order valence-electron chi connectivity index (χ3n) is 2.64. The normalized spacial score (nSPS) is 17.5. The van der Waals surface area contributed by atoms with Gasteiger partial charge in [0.2, 0.25) is 9.84 Å². The molecule has 0 fully saturated rings. The summed E-state index contributed by atoms with van der Waals surface area (Å²) in [6, 6.07) is 2.73. The first-order valence-electron chi connectivity index (χ1n) is 4.99. The van der Waals surface area contributed by atoms with Gasteiger partial charge in [-0.15, -0.1) is 0 Å². The van der Waals surface area contributed by atoms with Gasteiger partial charge in [-0.05, 0) is 34.8 Å². The number of fused-ring (bicyclic) bond motifs is 1. The van der Waals surface area contributed by atoms with Gasteiger partial charge in [-0.25, -0.2) is 12.8 Å². The number of hydrogen-bond acceptors (Lipinski definition) is 2. The molecule has 0 unspecified atom stereocenters. The van der Waals surface area contributed by atoms with Gasteiger partial charge in [0.25, 0.3) is 0 Å². The predicted octanol–water partition coefficient (Wildman–Crippen LogP) is 2.88. The van der Waals surface area contributed by atoms with E-state index in [1.165, 1.54) is 6.08 Å². The summed E-state index contributed by atoms with van der Waals surface area (Å²) >= 11 is 0. The fourth-order valence-electron chi connectivity index (χ4n) is 1.76. The molecule has 0 bridgehead atoms. The van der Waals surface area contributed by atoms with Crippen LogP contribution in [0.15, 0.2) is 22.4 Å². The van der Waals surface area contributed by atoms with E-state index in [-0.39, 0.29) is 10.3 Å². The van der Waals surface area contributed by atoms with E-state index < -0.39 is 15.7 Å². The Morgan fingerprint density at radius 1 is 1.19 bits per heavy atom. The molecule has 0 saturated carbocycles. The van der Waals surface area contributed by atoms with Crippen molar-refractivity contribution < 1.29 is 12.8 Å². The molecule has 0 radical (unpaired) electrons. The van der Waals surface area contributed by atoms with Crippen LogP contribution in [0.25, 0.3) is 6.08 Å². The third-order valence-corrected chi connectivity index (χ3v) is 4.10. The molecule has 1 aromatic rings. The fraction of sp³-hybridized carbons (Fsp3) is 0.333. The molecule has 0 atom stereocenters. The maximum atomic E-state index is 13.8. The molecular weight excluding hydrogens is 227 g/mol. The van der Waals surface area contributed by atoms with E-state index in [4.69, 9.17) is 0 Å². The maximum absolute atomic E-state index is 13.8. The Labute approximate surface area is 94.7 Å². The Kier molecular flexibility index (Phi) is 2.24. The van der Waals surface area contributed by atoms with E-state index >= 15 is 0 Å². The van der Waals surface area contributed by atoms with Gasteiger partial charge < -0.3 is 0 Å². The van der Waals surface area contributed by atoms with E-state index in [2.05, 4.69) is 0 Å². The van der Waals surface area contributed by atoms with Gasteiger partial charge >= 0.3 is 0 Å². The molecule has 0 aliphatic carbocycles. The molecule has 1 aromatic carbocycles. The zero-order chi connectivity index (χ0) is 12.1. The first-order chi connectivity index (χ1) is 7.22. The van der Waals surface area contributed by atoms with Crippen molar-refractivity contribution in [3.05, 3.63) is 34.5 Å². The molecule has 86 valence electrons. The zero-order valence-electron chi connectivity index (χ0n) is 9.41. The summed E-state index contributed by atoms with van der Waals surface area (Å²) in [7, 11) is -3.41. The Balaban J connectivity index is 2.72. The van der Waals surface area contributed by atoms with Crippen molar-refractivity contribution in [3.8, 4) is 0 Å². The van der Waals surface area contributed by atoms with Crippen LogP contribution < -0.4 is 0 Å². The zero-order valence-corrected chi connectivity index (χ0v) is 10.2. The van der Waals surface area contributed by atoms with E-state index in [0.717, 1.165) is 11.5 Å². The molecule has 0 amide bonds. The van der Waals surface area contributed by atoms with Crippen LogP contribution in [0.4, 0.5) is 4.39 Å². The average molecular weight is 240 g/mol. The fourth-order valence-corrected chi connectivity index (χ4v) is 2.95. The molecule has 1 aliphatic rings. The molecule has 16 heavy (non-hydrogen) atoms. The Morgan fingerprint density at radius 2 is 1.81 bits per heavy atom. The van der Waals surface area contributed by atoms with Crippen molar-refractivity contribution in [2.45, 2.75) is 31.1 Å². The monoisotopic (exact) mass is 240 g/mol. The van der Waals surface area contributed by atoms with Crippen LogP contribution in [0, 0.1) is 5.82 Å². The number of rotatable bonds is 0. The standard InChI is InChI=1S/C12H13FO2S/c1-12(2,3)9-6-8-4-5-16(14,15)11(8)7-10(9)13/h4-7H,1-3H3. The lowest BCUT2D eigenvalue weighted by atomic mass is 9.86. The smallest absolute Gasteiger partial charge is 0.200 e. The topological polar surface area (TPSA) is 34.1 Å². The molecule has 0 saturated heterocycles. The summed E-state index contributed by atoms with van der Waals surface area (Å²) < 4.78 is 36.8. The summed E-state index contributed by atoms with van der Waals surface area (Å²) in [5.41, 5.74) is 0.776. The Bertz CT molecular complexity index is 578. The molecule has 4 heteroatoms. The van der Waals surface area contributed by atoms with Crippen molar-refractivity contribution in [1.82, 2.24) is 0 Å². The summed E-state index contributed by atoms with van der Waals surface area (Å²) in [4.78, 5) is 0.0676. The van der Waals surface area contributed by atoms with Crippen molar-refractivity contribution in [2.75, 3.05) is 0 Å². The van der Waals surface area contributed by atoms with Crippen molar-refractivity contribution in [1.29, 1.82) is 0 Å². The van der Waals surface area contributed by atoms with Crippen LogP contribution in [-0.2, 0) is 15.3 Å². The van der Waals surface area contributed by atoms with Crippen LogP contribution in [0.3, 0.4) is 0 Å². The number of sulfone groups is 1. The van der Waals surface area contributed by atoms with Gasteiger partial charge in [0.05, 0.1) is 4.90 Å². The highest BCUT2D eigenvalue weighted by molar-refractivity contribution is 7.94. The maximum Gasteiger partial charge on any atom is 0.200 e. The first-order valence-corrected chi connectivity index (χ1v) is 6.54. The van der Waals surface area contributed by atoms with Gasteiger partial charge in [0.15, 0.2) is 0 Å². The highest BCUT2D eigenvalue weighted by Crippen LogP contribution is 2.33. The van der Waals surface area contributed by atoms with E-state index in [1.807, 2.05) is 20.8 Å². The SMILES string of the molecule is CC(C)(C)c1cc2c(cc1F)S(=O)(=O)C=C2. The molecular formula is C12H13FO2S. The van der Waals surface area contributed by atoms with Crippen LogP contribution in [0.1, 0.15) is 31.9 Å². The highest BCUT2D eigenvalue weighted by Gasteiger charge is 2.26. The predicted molar refractivity (Wildman–Crippen MR) is 61.3 cm³/mol. The van der Waals surface area contributed by atoms with Gasteiger partial charge in [0.1, 0.15) is 5.82 Å². The lowest BCUT2D eigenvalue weighted by molar-refractivity contribution is 0.519. The Hall–Kier alpha value is -1.16. The summed E-state index contributed by atoms with van der Waals surface area (Å²) in [5.74, 6) is -0.460. The molecule has 1 aliphatic heterocycles. The second-order valence-corrected chi connectivity index (χ2v) is 6.77. The second kappa shape index (κ2) is 3.17. The van der Waals surface area contributed by atoms with Crippen LogP contribution in [0.2, 0.25) is 0 Å². The molecule has 0 N–H and O–H groups in total. The minimum atomic E-state index is -3.41. The van der Waals surface area contributed by atoms with Crippen molar-refractivity contribution in [3.63, 3.8) is 0 Å². The summed E-state index contributed by atoms with van der Waals surface area (Å²) in [6.07, 6.45) is 1.51. The second-order valence-electron chi connectivity index (χ2n) is 4.97. The van der Waals surface area contributed by atoms with Crippen LogP contribution in [-0.4, -0.2) is 8.42 Å². The minimum Gasteiger partial charge on any atom is -0.219 e. The van der Waals surface area contributed by atoms with Gasteiger partial charge in [0, 0.05) is 5.41 Å². The minimum absolute atomic E-state index is 0.0676. The van der Waals surface area contributed by atoms with Crippen molar-refractivity contribution in [2.24, 2.45) is 0 Å². The molecule has 1 heterocycles. The van der Waals surface area contributed by atoms with Gasteiger partial charge in [-0.2, -0.15) is 0 Å². The summed E-state index contributed by atoms with van der Waals surface area (Å²) in [5, 5.41) is 1.11. The third kappa shape index (κ3) is 1.67. The largest absolute Gasteiger partial charge is 0.219 e. The quantitative estimate of drug-likeness (QED) is 0.698. The van der Waals surface area contributed by atoms with E-state index in [9.17, 15) is 12.8 Å². The molecule has 2 nitrogen and oxygen atoms in total. The van der Waals surface area contributed by atoms with E-state index in [1.54, 1.807) is 6.07 Å². The number of halogens is 1. The van der Waals surface area contributed by atoms with Gasteiger partial charge in [-0.1, -0.05) is 20.8 Å². The first kappa shape index (κ1) is 11.3.